The van der Waals surface area contributed by atoms with Crippen LogP contribution in [0.2, 0.25) is 0 Å². The van der Waals surface area contributed by atoms with Crippen molar-refractivity contribution in [3.8, 4) is 0 Å². The third-order valence-electron chi connectivity index (χ3n) is 4.39. The highest BCUT2D eigenvalue weighted by Crippen LogP contribution is 2.33. The van der Waals surface area contributed by atoms with Crippen LogP contribution in [0.1, 0.15) is 34.3 Å². The van der Waals surface area contributed by atoms with Gasteiger partial charge in [-0.05, 0) is 37.1 Å². The number of ether oxygens (including phenoxy) is 1. The third kappa shape index (κ3) is 3.23. The molecule has 6 nitrogen and oxygen atoms in total. The van der Waals surface area contributed by atoms with Crippen LogP contribution < -0.4 is 4.90 Å². The van der Waals surface area contributed by atoms with Gasteiger partial charge in [0, 0.05) is 19.0 Å². The topological polar surface area (TPSA) is 75.5 Å². The highest BCUT2D eigenvalue weighted by molar-refractivity contribution is 5.89. The van der Waals surface area contributed by atoms with Gasteiger partial charge in [0.2, 0.25) is 0 Å². The number of hydrogen-bond acceptors (Lipinski definition) is 6. The summed E-state index contributed by atoms with van der Waals surface area (Å²) in [5.74, 6) is -0.404. The molecule has 1 aromatic heterocycles. The molecule has 0 radical (unpaired) electrons. The van der Waals surface area contributed by atoms with E-state index in [0.717, 1.165) is 16.8 Å². The van der Waals surface area contributed by atoms with Crippen molar-refractivity contribution in [1.29, 1.82) is 0 Å². The minimum atomic E-state index is -0.513. The van der Waals surface area contributed by atoms with Gasteiger partial charge in [0.25, 0.3) is 0 Å². The molecule has 2 atom stereocenters. The Bertz CT molecular complexity index is 721. The SMILES string of the molecule is CCOC(=O)c1ccc(C)c([C@H]2CN(c3cncnc3)C[C@@H]2O)c1. The highest BCUT2D eigenvalue weighted by Gasteiger charge is 2.34. The number of carbonyl (C=O) groups excluding carboxylic acids is 1. The average Bonchev–Trinajstić information content (AvgIpc) is 2.98. The van der Waals surface area contributed by atoms with Crippen molar-refractivity contribution >= 4 is 11.7 Å². The predicted octanol–water partition coefficient (Wildman–Crippen LogP) is 1.93. The Morgan fingerprint density at radius 3 is 2.79 bits per heavy atom. The molecule has 24 heavy (non-hydrogen) atoms. The van der Waals surface area contributed by atoms with Crippen LogP contribution in [0.4, 0.5) is 5.69 Å². The number of anilines is 1. The lowest BCUT2D eigenvalue weighted by atomic mass is 9.91. The Morgan fingerprint density at radius 1 is 1.33 bits per heavy atom. The molecule has 2 aromatic rings. The predicted molar refractivity (Wildman–Crippen MR) is 90.1 cm³/mol. The van der Waals surface area contributed by atoms with Crippen molar-refractivity contribution in [1.82, 2.24) is 9.97 Å². The number of aromatic nitrogens is 2. The number of aryl methyl sites for hydroxylation is 1. The lowest BCUT2D eigenvalue weighted by Crippen LogP contribution is -2.21. The first-order chi connectivity index (χ1) is 11.6. The largest absolute Gasteiger partial charge is 0.462 e. The number of β-amino-alcohol motifs (C(OH)–C–C–N with tert-alkyl or cyclic N) is 1. The zero-order valence-electron chi connectivity index (χ0n) is 13.8. The van der Waals surface area contributed by atoms with E-state index in [1.54, 1.807) is 25.4 Å². The summed E-state index contributed by atoms with van der Waals surface area (Å²) in [6.45, 7) is 5.29. The molecule has 1 saturated heterocycles. The molecule has 126 valence electrons. The Kier molecular flexibility index (Phi) is 4.76. The van der Waals surface area contributed by atoms with Gasteiger partial charge in [-0.2, -0.15) is 0 Å². The van der Waals surface area contributed by atoms with Crippen LogP contribution >= 0.6 is 0 Å². The number of benzene rings is 1. The highest BCUT2D eigenvalue weighted by atomic mass is 16.5. The maximum Gasteiger partial charge on any atom is 0.338 e. The Balaban J connectivity index is 1.86. The fourth-order valence-corrected chi connectivity index (χ4v) is 3.14. The number of rotatable bonds is 4. The Hall–Kier alpha value is -2.47. The lowest BCUT2D eigenvalue weighted by molar-refractivity contribution is 0.0526. The zero-order chi connectivity index (χ0) is 17.1. The average molecular weight is 327 g/mol. The minimum absolute atomic E-state index is 0.0698. The summed E-state index contributed by atoms with van der Waals surface area (Å²) in [7, 11) is 0. The molecule has 0 unspecified atom stereocenters. The van der Waals surface area contributed by atoms with Crippen LogP contribution in [0.5, 0.6) is 0 Å². The van der Waals surface area contributed by atoms with Crippen molar-refractivity contribution < 1.29 is 14.6 Å². The van der Waals surface area contributed by atoms with Crippen LogP contribution in [0.3, 0.4) is 0 Å². The molecule has 1 aliphatic heterocycles. The monoisotopic (exact) mass is 327 g/mol. The first-order valence-corrected chi connectivity index (χ1v) is 8.05. The fourth-order valence-electron chi connectivity index (χ4n) is 3.14. The van der Waals surface area contributed by atoms with E-state index in [9.17, 15) is 9.90 Å². The molecule has 1 fully saturated rings. The maximum atomic E-state index is 12.0. The number of hydrogen-bond donors (Lipinski definition) is 1. The summed E-state index contributed by atoms with van der Waals surface area (Å²) < 4.78 is 5.07. The first-order valence-electron chi connectivity index (χ1n) is 8.05. The molecule has 2 heterocycles. The van der Waals surface area contributed by atoms with Crippen molar-refractivity contribution in [2.75, 3.05) is 24.6 Å². The second kappa shape index (κ2) is 6.97. The van der Waals surface area contributed by atoms with E-state index < -0.39 is 6.10 Å². The van der Waals surface area contributed by atoms with Gasteiger partial charge < -0.3 is 14.7 Å². The van der Waals surface area contributed by atoms with Crippen LogP contribution in [0.15, 0.2) is 36.9 Å². The van der Waals surface area contributed by atoms with E-state index in [-0.39, 0.29) is 11.9 Å². The van der Waals surface area contributed by atoms with Gasteiger partial charge in [0.1, 0.15) is 6.33 Å². The number of aliphatic hydroxyl groups is 1. The number of esters is 1. The van der Waals surface area contributed by atoms with Gasteiger partial charge >= 0.3 is 5.97 Å². The maximum absolute atomic E-state index is 12.0. The van der Waals surface area contributed by atoms with Gasteiger partial charge in [0.05, 0.1) is 36.4 Å². The summed E-state index contributed by atoms with van der Waals surface area (Å²) in [6, 6.07) is 5.51. The van der Waals surface area contributed by atoms with Gasteiger partial charge in [-0.25, -0.2) is 14.8 Å². The summed E-state index contributed by atoms with van der Waals surface area (Å²) in [5.41, 5.74) is 3.44. The molecular weight excluding hydrogens is 306 g/mol. The molecule has 3 rings (SSSR count). The van der Waals surface area contributed by atoms with E-state index in [1.807, 2.05) is 19.1 Å². The van der Waals surface area contributed by atoms with Crippen LogP contribution in [0, 0.1) is 6.92 Å². The summed E-state index contributed by atoms with van der Waals surface area (Å²) in [5, 5.41) is 10.5. The van der Waals surface area contributed by atoms with Crippen LogP contribution in [-0.2, 0) is 4.74 Å². The van der Waals surface area contributed by atoms with Crippen molar-refractivity contribution in [2.24, 2.45) is 0 Å². The number of nitrogens with zero attached hydrogens (tertiary/aromatic N) is 3. The minimum Gasteiger partial charge on any atom is -0.462 e. The second-order valence-electron chi connectivity index (χ2n) is 5.97. The zero-order valence-corrected chi connectivity index (χ0v) is 13.8. The Morgan fingerprint density at radius 2 is 2.08 bits per heavy atom. The summed E-state index contributed by atoms with van der Waals surface area (Å²) in [4.78, 5) is 22.1. The van der Waals surface area contributed by atoms with Crippen molar-refractivity contribution in [3.63, 3.8) is 0 Å². The molecule has 0 amide bonds. The van der Waals surface area contributed by atoms with Gasteiger partial charge in [-0.1, -0.05) is 6.07 Å². The van der Waals surface area contributed by atoms with E-state index in [0.29, 0.717) is 25.3 Å². The molecular formula is C18H21N3O3. The molecule has 0 spiro atoms. The Labute approximate surface area is 141 Å². The van der Waals surface area contributed by atoms with Crippen molar-refractivity contribution in [2.45, 2.75) is 25.9 Å². The number of carbonyl (C=O) groups is 1. The van der Waals surface area contributed by atoms with E-state index in [4.69, 9.17) is 4.74 Å². The third-order valence-corrected chi connectivity index (χ3v) is 4.39. The smallest absolute Gasteiger partial charge is 0.338 e. The van der Waals surface area contributed by atoms with Crippen molar-refractivity contribution in [3.05, 3.63) is 53.6 Å². The molecule has 6 heteroatoms. The molecule has 1 aliphatic rings. The first kappa shape index (κ1) is 16.4. The second-order valence-corrected chi connectivity index (χ2v) is 5.97. The normalized spacial score (nSPS) is 20.2. The summed E-state index contributed by atoms with van der Waals surface area (Å²) in [6.07, 6.45) is 4.45. The summed E-state index contributed by atoms with van der Waals surface area (Å²) >= 11 is 0. The quantitative estimate of drug-likeness (QED) is 0.865. The molecule has 0 aliphatic carbocycles. The van der Waals surface area contributed by atoms with Gasteiger partial charge in [0.15, 0.2) is 0 Å². The van der Waals surface area contributed by atoms with E-state index >= 15 is 0 Å². The van der Waals surface area contributed by atoms with E-state index in [1.165, 1.54) is 6.33 Å². The van der Waals surface area contributed by atoms with Crippen LogP contribution in [-0.4, -0.2) is 46.8 Å². The molecule has 0 bridgehead atoms. The fraction of sp³-hybridized carbons (Fsp3) is 0.389. The van der Waals surface area contributed by atoms with Gasteiger partial charge in [-0.15, -0.1) is 0 Å². The molecule has 1 aromatic carbocycles. The van der Waals surface area contributed by atoms with Crippen LogP contribution in [0.25, 0.3) is 0 Å². The number of aliphatic hydroxyl groups excluding tert-OH is 1. The van der Waals surface area contributed by atoms with E-state index in [2.05, 4.69) is 14.9 Å². The molecule has 1 N–H and O–H groups in total. The lowest BCUT2D eigenvalue weighted by Gasteiger charge is -2.19. The standard InChI is InChI=1S/C18H21N3O3/c1-3-24-18(23)13-5-4-12(2)15(6-13)16-9-21(10-17(16)22)14-7-19-11-20-8-14/h4-8,11,16-17,22H,3,9-10H2,1-2H3/t16-,17+/m1/s1. The van der Waals surface area contributed by atoms with Gasteiger partial charge in [-0.3, -0.25) is 0 Å². The molecule has 0 saturated carbocycles.